The molecule has 0 saturated heterocycles. The summed E-state index contributed by atoms with van der Waals surface area (Å²) in [5, 5.41) is 15.2. The van der Waals surface area contributed by atoms with Crippen molar-refractivity contribution in [3.05, 3.63) is 75.4 Å². The van der Waals surface area contributed by atoms with Gasteiger partial charge in [-0.1, -0.05) is 50.3 Å². The lowest BCUT2D eigenvalue weighted by molar-refractivity contribution is -0.385. The number of hydrogen-bond donors (Lipinski definition) is 1. The molecule has 1 N–H and O–H groups in total. The van der Waals surface area contributed by atoms with Crippen LogP contribution in [0.5, 0.6) is 5.75 Å². The summed E-state index contributed by atoms with van der Waals surface area (Å²) in [5.74, 6) is 1.42. The van der Waals surface area contributed by atoms with Gasteiger partial charge in [0.2, 0.25) is 0 Å². The summed E-state index contributed by atoms with van der Waals surface area (Å²) in [6.07, 6.45) is 5.17. The van der Waals surface area contributed by atoms with Crippen molar-refractivity contribution in [1.82, 2.24) is 0 Å². The van der Waals surface area contributed by atoms with E-state index >= 15 is 0 Å². The molecule has 2 aromatic rings. The molecule has 4 rings (SSSR count). The normalized spacial score (nSPS) is 22.9. The fourth-order valence-electron chi connectivity index (χ4n) is 4.41. The Hall–Kier alpha value is -2.82. The van der Waals surface area contributed by atoms with Gasteiger partial charge >= 0.3 is 0 Å². The molecule has 1 heterocycles. The van der Waals surface area contributed by atoms with Crippen LogP contribution in [0.25, 0.3) is 0 Å². The first-order valence-electron chi connectivity index (χ1n) is 9.39. The minimum atomic E-state index is -0.291. The molecule has 0 unspecified atom stereocenters. The monoisotopic (exact) mass is 364 g/mol. The summed E-state index contributed by atoms with van der Waals surface area (Å²) in [7, 11) is 1.60. The fraction of sp³-hybridized carbons (Fsp3) is 0.364. The van der Waals surface area contributed by atoms with E-state index in [-0.39, 0.29) is 28.5 Å². The highest BCUT2D eigenvalue weighted by Crippen LogP contribution is 2.54. The standard InChI is InChI=1S/C22H24N2O3/c1-13(2)14-7-9-15(10-8-14)21-17-6-4-5-16(17)20-18(24(25)26)11-12-19(27-3)22(20)23-21/h4-5,7-13,16-17,21,23H,6H2,1-3H3/t16-,17-,21+/m0/s1. The molecule has 0 spiro atoms. The zero-order chi connectivity index (χ0) is 19.1. The second-order valence-electron chi connectivity index (χ2n) is 7.63. The van der Waals surface area contributed by atoms with Gasteiger partial charge in [-0.3, -0.25) is 10.1 Å². The highest BCUT2D eigenvalue weighted by molar-refractivity contribution is 5.73. The van der Waals surface area contributed by atoms with Gasteiger partial charge in [0, 0.05) is 12.0 Å². The van der Waals surface area contributed by atoms with Gasteiger partial charge in [0.1, 0.15) is 5.75 Å². The molecule has 5 heteroatoms. The van der Waals surface area contributed by atoms with Crippen molar-refractivity contribution in [3.63, 3.8) is 0 Å². The minimum Gasteiger partial charge on any atom is -0.495 e. The molecule has 3 atom stereocenters. The van der Waals surface area contributed by atoms with Crippen LogP contribution in [-0.2, 0) is 0 Å². The van der Waals surface area contributed by atoms with Crippen molar-refractivity contribution in [2.45, 2.75) is 38.1 Å². The van der Waals surface area contributed by atoms with Crippen LogP contribution in [0, 0.1) is 16.0 Å². The molecule has 0 amide bonds. The molecule has 2 aromatic carbocycles. The third kappa shape index (κ3) is 2.87. The van der Waals surface area contributed by atoms with Crippen molar-refractivity contribution < 1.29 is 9.66 Å². The summed E-state index contributed by atoms with van der Waals surface area (Å²) in [6.45, 7) is 4.37. The van der Waals surface area contributed by atoms with Crippen LogP contribution in [0.4, 0.5) is 11.4 Å². The molecule has 0 fully saturated rings. The number of nitro benzene ring substituents is 1. The third-order valence-electron chi connectivity index (χ3n) is 5.84. The van der Waals surface area contributed by atoms with Crippen molar-refractivity contribution in [3.8, 4) is 5.75 Å². The predicted octanol–water partition coefficient (Wildman–Crippen LogP) is 5.55. The minimum absolute atomic E-state index is 0.0199. The zero-order valence-corrected chi connectivity index (χ0v) is 15.8. The summed E-state index contributed by atoms with van der Waals surface area (Å²) in [4.78, 5) is 11.3. The van der Waals surface area contributed by atoms with Crippen molar-refractivity contribution in [2.24, 2.45) is 5.92 Å². The Balaban J connectivity index is 1.81. The first-order chi connectivity index (χ1) is 13.0. The van der Waals surface area contributed by atoms with Crippen molar-refractivity contribution >= 4 is 11.4 Å². The largest absolute Gasteiger partial charge is 0.495 e. The van der Waals surface area contributed by atoms with E-state index in [2.05, 4.69) is 55.6 Å². The third-order valence-corrected chi connectivity index (χ3v) is 5.84. The van der Waals surface area contributed by atoms with Crippen LogP contribution < -0.4 is 10.1 Å². The highest BCUT2D eigenvalue weighted by atomic mass is 16.6. The number of fused-ring (bicyclic) bond motifs is 3. The van der Waals surface area contributed by atoms with Crippen LogP contribution in [0.15, 0.2) is 48.6 Å². The molecule has 140 valence electrons. The van der Waals surface area contributed by atoms with Gasteiger partial charge in [0.25, 0.3) is 5.69 Å². The molecule has 27 heavy (non-hydrogen) atoms. The van der Waals surface area contributed by atoms with Gasteiger partial charge in [-0.25, -0.2) is 0 Å². The van der Waals surface area contributed by atoms with Gasteiger partial charge in [-0.2, -0.15) is 0 Å². The van der Waals surface area contributed by atoms with Crippen LogP contribution in [0.3, 0.4) is 0 Å². The molecule has 1 aliphatic heterocycles. The molecular formula is C22H24N2O3. The van der Waals surface area contributed by atoms with Crippen molar-refractivity contribution in [1.29, 1.82) is 0 Å². The average Bonchev–Trinajstić information content (AvgIpc) is 3.16. The van der Waals surface area contributed by atoms with Crippen LogP contribution >= 0.6 is 0 Å². The van der Waals surface area contributed by atoms with Gasteiger partial charge < -0.3 is 10.1 Å². The van der Waals surface area contributed by atoms with E-state index in [1.165, 1.54) is 11.1 Å². The Bertz CT molecular complexity index is 903. The van der Waals surface area contributed by atoms with E-state index < -0.39 is 0 Å². The molecule has 0 radical (unpaired) electrons. The number of nitro groups is 1. The fourth-order valence-corrected chi connectivity index (χ4v) is 4.41. The lowest BCUT2D eigenvalue weighted by Crippen LogP contribution is -2.30. The topological polar surface area (TPSA) is 64.4 Å². The van der Waals surface area contributed by atoms with E-state index in [1.807, 2.05) is 0 Å². The Morgan fingerprint density at radius 3 is 2.56 bits per heavy atom. The van der Waals surface area contributed by atoms with Gasteiger partial charge in [0.05, 0.1) is 29.3 Å². The van der Waals surface area contributed by atoms with Gasteiger partial charge in [0.15, 0.2) is 0 Å². The number of ether oxygens (including phenoxy) is 1. The number of allylic oxidation sites excluding steroid dienone is 2. The second kappa shape index (κ2) is 6.72. The maximum absolute atomic E-state index is 11.6. The number of benzene rings is 2. The van der Waals surface area contributed by atoms with E-state index in [1.54, 1.807) is 19.2 Å². The molecule has 1 aliphatic carbocycles. The smallest absolute Gasteiger partial charge is 0.275 e. The van der Waals surface area contributed by atoms with Gasteiger partial charge in [-0.05, 0) is 35.4 Å². The number of nitrogens with zero attached hydrogens (tertiary/aromatic N) is 1. The number of nitrogens with one attached hydrogen (secondary N) is 1. The molecule has 2 aliphatic rings. The summed E-state index contributed by atoms with van der Waals surface area (Å²) in [6, 6.07) is 12.0. The highest BCUT2D eigenvalue weighted by Gasteiger charge is 2.42. The second-order valence-corrected chi connectivity index (χ2v) is 7.63. The van der Waals surface area contributed by atoms with Crippen LogP contribution in [-0.4, -0.2) is 12.0 Å². The van der Waals surface area contributed by atoms with E-state index in [9.17, 15) is 10.1 Å². The van der Waals surface area contributed by atoms with Crippen molar-refractivity contribution in [2.75, 3.05) is 12.4 Å². The SMILES string of the molecule is COc1ccc([N+](=O)[O-])c2c1N[C@H](c1ccc(C(C)C)cc1)[C@H]1CC=C[C@H]21. The molecule has 0 saturated carbocycles. The lowest BCUT2D eigenvalue weighted by atomic mass is 9.76. The summed E-state index contributed by atoms with van der Waals surface area (Å²) >= 11 is 0. The Labute approximate surface area is 159 Å². The first kappa shape index (κ1) is 17.6. The molecular weight excluding hydrogens is 340 g/mol. The Morgan fingerprint density at radius 2 is 1.93 bits per heavy atom. The Kier molecular flexibility index (Phi) is 4.38. The van der Waals surface area contributed by atoms with E-state index in [0.717, 1.165) is 17.7 Å². The van der Waals surface area contributed by atoms with Crippen LogP contribution in [0.1, 0.15) is 54.8 Å². The average molecular weight is 364 g/mol. The van der Waals surface area contributed by atoms with Crippen LogP contribution in [0.2, 0.25) is 0 Å². The summed E-state index contributed by atoms with van der Waals surface area (Å²) in [5.41, 5.74) is 4.17. The maximum Gasteiger partial charge on any atom is 0.275 e. The number of methoxy groups -OCH3 is 1. The predicted molar refractivity (Wildman–Crippen MR) is 107 cm³/mol. The zero-order valence-electron chi connectivity index (χ0n) is 15.8. The molecule has 0 aromatic heterocycles. The van der Waals surface area contributed by atoms with E-state index in [4.69, 9.17) is 4.74 Å². The van der Waals surface area contributed by atoms with E-state index in [0.29, 0.717) is 11.7 Å². The van der Waals surface area contributed by atoms with Gasteiger partial charge in [-0.15, -0.1) is 0 Å². The first-order valence-corrected chi connectivity index (χ1v) is 9.39. The summed E-state index contributed by atoms with van der Waals surface area (Å²) < 4.78 is 5.52. The number of anilines is 1. The number of hydrogen-bond acceptors (Lipinski definition) is 4. The molecule has 5 nitrogen and oxygen atoms in total. The molecule has 0 bridgehead atoms. The Morgan fingerprint density at radius 1 is 1.19 bits per heavy atom. The maximum atomic E-state index is 11.6. The quantitative estimate of drug-likeness (QED) is 0.439. The lowest BCUT2D eigenvalue weighted by Gasteiger charge is -2.37. The number of rotatable bonds is 4.